The number of hydrogen-bond donors (Lipinski definition) is 2. The fraction of sp³-hybridized carbons (Fsp3) is 0.120. The minimum Gasteiger partial charge on any atom is -0.493 e. The molecule has 2 amide bonds. The normalized spacial score (nSPS) is 10.9. The van der Waals surface area contributed by atoms with Crippen molar-refractivity contribution in [3.63, 3.8) is 0 Å². The molecule has 0 atom stereocenters. The van der Waals surface area contributed by atoms with Crippen LogP contribution >= 0.6 is 0 Å². The summed E-state index contributed by atoms with van der Waals surface area (Å²) in [6.07, 6.45) is 1.59. The number of carbonyl (C=O) groups is 2. The molecule has 6 heteroatoms. The van der Waals surface area contributed by atoms with Gasteiger partial charge in [-0.1, -0.05) is 42.0 Å². The standard InChI is InChI=1S/C25H24N2O4/c1-17-9-12-20(13-10-17)26-25(29)21(27-24(28)19-7-5-4-6-8-19)15-18-11-14-22(30-2)23(16-18)31-3/h4-16H,1-3H3,(H,26,29)(H,27,28)/b21-15+. The molecule has 0 aromatic heterocycles. The van der Waals surface area contributed by atoms with Gasteiger partial charge >= 0.3 is 0 Å². The van der Waals surface area contributed by atoms with Gasteiger partial charge in [-0.25, -0.2) is 0 Å². The van der Waals surface area contributed by atoms with E-state index in [4.69, 9.17) is 9.47 Å². The summed E-state index contributed by atoms with van der Waals surface area (Å²) in [6.45, 7) is 1.97. The van der Waals surface area contributed by atoms with Crippen molar-refractivity contribution in [2.75, 3.05) is 19.5 Å². The van der Waals surface area contributed by atoms with E-state index in [0.717, 1.165) is 5.56 Å². The molecule has 0 unspecified atom stereocenters. The van der Waals surface area contributed by atoms with Crippen LogP contribution in [0.25, 0.3) is 6.08 Å². The highest BCUT2D eigenvalue weighted by molar-refractivity contribution is 6.10. The lowest BCUT2D eigenvalue weighted by molar-refractivity contribution is -0.113. The lowest BCUT2D eigenvalue weighted by Gasteiger charge is -2.12. The lowest BCUT2D eigenvalue weighted by atomic mass is 10.1. The molecule has 3 rings (SSSR count). The zero-order valence-electron chi connectivity index (χ0n) is 17.6. The van der Waals surface area contributed by atoms with Gasteiger partial charge in [-0.3, -0.25) is 9.59 Å². The van der Waals surface area contributed by atoms with E-state index in [1.54, 1.807) is 67.8 Å². The zero-order valence-corrected chi connectivity index (χ0v) is 17.6. The fourth-order valence-corrected chi connectivity index (χ4v) is 2.89. The first-order valence-electron chi connectivity index (χ1n) is 9.68. The van der Waals surface area contributed by atoms with Crippen molar-refractivity contribution in [1.29, 1.82) is 0 Å². The van der Waals surface area contributed by atoms with Gasteiger partial charge in [0.1, 0.15) is 5.70 Å². The van der Waals surface area contributed by atoms with Crippen LogP contribution < -0.4 is 20.1 Å². The SMILES string of the molecule is COc1ccc(/C=C(/NC(=O)c2ccccc2)C(=O)Nc2ccc(C)cc2)cc1OC. The van der Waals surface area contributed by atoms with Crippen LogP contribution in [0.1, 0.15) is 21.5 Å². The van der Waals surface area contributed by atoms with Crippen LogP contribution in [-0.2, 0) is 4.79 Å². The molecule has 6 nitrogen and oxygen atoms in total. The van der Waals surface area contributed by atoms with Gasteiger partial charge in [-0.15, -0.1) is 0 Å². The van der Waals surface area contributed by atoms with Gasteiger partial charge in [-0.2, -0.15) is 0 Å². The largest absolute Gasteiger partial charge is 0.493 e. The molecule has 0 aliphatic heterocycles. The maximum Gasteiger partial charge on any atom is 0.272 e. The molecular formula is C25H24N2O4. The van der Waals surface area contributed by atoms with E-state index in [2.05, 4.69) is 10.6 Å². The van der Waals surface area contributed by atoms with E-state index in [1.807, 2.05) is 25.1 Å². The summed E-state index contributed by atoms with van der Waals surface area (Å²) in [6, 6.07) is 21.4. The summed E-state index contributed by atoms with van der Waals surface area (Å²) in [5.41, 5.74) is 2.92. The number of rotatable bonds is 7. The molecule has 31 heavy (non-hydrogen) atoms. The predicted molar refractivity (Wildman–Crippen MR) is 121 cm³/mol. The minimum atomic E-state index is -0.442. The highest BCUT2D eigenvalue weighted by Crippen LogP contribution is 2.28. The third-order valence-electron chi connectivity index (χ3n) is 4.56. The first-order valence-corrected chi connectivity index (χ1v) is 9.68. The Morgan fingerprint density at radius 2 is 1.52 bits per heavy atom. The summed E-state index contributed by atoms with van der Waals surface area (Å²) in [4.78, 5) is 25.7. The molecule has 3 aromatic rings. The van der Waals surface area contributed by atoms with E-state index in [1.165, 1.54) is 7.11 Å². The van der Waals surface area contributed by atoms with Crippen molar-refractivity contribution < 1.29 is 19.1 Å². The number of nitrogens with one attached hydrogen (secondary N) is 2. The summed E-state index contributed by atoms with van der Waals surface area (Å²) >= 11 is 0. The Bertz CT molecular complexity index is 1090. The maximum atomic E-state index is 13.0. The Morgan fingerprint density at radius 1 is 0.839 bits per heavy atom. The van der Waals surface area contributed by atoms with Gasteiger partial charge in [0.05, 0.1) is 14.2 Å². The molecule has 158 valence electrons. The number of anilines is 1. The topological polar surface area (TPSA) is 76.7 Å². The number of hydrogen-bond acceptors (Lipinski definition) is 4. The van der Waals surface area contributed by atoms with Crippen molar-refractivity contribution in [3.05, 3.63) is 95.2 Å². The van der Waals surface area contributed by atoms with Crippen LogP contribution in [0.4, 0.5) is 5.69 Å². The Morgan fingerprint density at radius 3 is 2.16 bits per heavy atom. The molecule has 0 bridgehead atoms. The Kier molecular flexibility index (Phi) is 7.06. The van der Waals surface area contributed by atoms with Gasteiger partial charge in [0.25, 0.3) is 11.8 Å². The Balaban J connectivity index is 1.92. The van der Waals surface area contributed by atoms with E-state index < -0.39 is 5.91 Å². The third kappa shape index (κ3) is 5.73. The fourth-order valence-electron chi connectivity index (χ4n) is 2.89. The number of ether oxygens (including phenoxy) is 2. The van der Waals surface area contributed by atoms with Gasteiger partial charge in [0.2, 0.25) is 0 Å². The van der Waals surface area contributed by atoms with Crippen LogP contribution in [0.5, 0.6) is 11.5 Å². The predicted octanol–water partition coefficient (Wildman–Crippen LogP) is 4.42. The summed E-state index contributed by atoms with van der Waals surface area (Å²) in [5, 5.41) is 5.54. The lowest BCUT2D eigenvalue weighted by Crippen LogP contribution is -2.30. The quantitative estimate of drug-likeness (QED) is 0.559. The highest BCUT2D eigenvalue weighted by atomic mass is 16.5. The number of benzene rings is 3. The average Bonchev–Trinajstić information content (AvgIpc) is 2.80. The molecule has 2 N–H and O–H groups in total. The third-order valence-corrected chi connectivity index (χ3v) is 4.56. The van der Waals surface area contributed by atoms with Gasteiger partial charge < -0.3 is 20.1 Å². The molecule has 0 spiro atoms. The molecule has 0 aliphatic carbocycles. The van der Waals surface area contributed by atoms with E-state index in [0.29, 0.717) is 28.3 Å². The number of amides is 2. The smallest absolute Gasteiger partial charge is 0.272 e. The number of carbonyl (C=O) groups excluding carboxylic acids is 2. The molecule has 0 radical (unpaired) electrons. The molecule has 0 saturated carbocycles. The molecule has 0 aliphatic rings. The summed E-state index contributed by atoms with van der Waals surface area (Å²) < 4.78 is 10.6. The molecule has 0 fully saturated rings. The van der Waals surface area contributed by atoms with Crippen molar-refractivity contribution in [2.24, 2.45) is 0 Å². The van der Waals surface area contributed by atoms with Crippen LogP contribution in [0.2, 0.25) is 0 Å². The summed E-state index contributed by atoms with van der Waals surface area (Å²) in [5.74, 6) is 0.261. The first kappa shape index (κ1) is 21.6. The van der Waals surface area contributed by atoms with Crippen LogP contribution in [-0.4, -0.2) is 26.0 Å². The zero-order chi connectivity index (χ0) is 22.2. The second kappa shape index (κ2) is 10.1. The first-order chi connectivity index (χ1) is 15.0. The van der Waals surface area contributed by atoms with E-state index >= 15 is 0 Å². The minimum absolute atomic E-state index is 0.0987. The van der Waals surface area contributed by atoms with Crippen LogP contribution in [0, 0.1) is 6.92 Å². The average molecular weight is 416 g/mol. The maximum absolute atomic E-state index is 13.0. The van der Waals surface area contributed by atoms with Gasteiger partial charge in [0.15, 0.2) is 11.5 Å². The molecule has 3 aromatic carbocycles. The molecular weight excluding hydrogens is 392 g/mol. The number of aryl methyl sites for hydroxylation is 1. The van der Waals surface area contributed by atoms with Gasteiger partial charge in [0, 0.05) is 11.3 Å². The second-order valence-corrected chi connectivity index (χ2v) is 6.81. The van der Waals surface area contributed by atoms with E-state index in [9.17, 15) is 9.59 Å². The highest BCUT2D eigenvalue weighted by Gasteiger charge is 2.15. The molecule has 0 saturated heterocycles. The number of methoxy groups -OCH3 is 2. The van der Waals surface area contributed by atoms with Crippen LogP contribution in [0.3, 0.4) is 0 Å². The van der Waals surface area contributed by atoms with Gasteiger partial charge in [-0.05, 0) is 55.0 Å². The Labute approximate surface area is 181 Å². The summed E-state index contributed by atoms with van der Waals surface area (Å²) in [7, 11) is 3.08. The monoisotopic (exact) mass is 416 g/mol. The van der Waals surface area contributed by atoms with Crippen LogP contribution in [0.15, 0.2) is 78.5 Å². The van der Waals surface area contributed by atoms with Crippen molar-refractivity contribution in [1.82, 2.24) is 5.32 Å². The van der Waals surface area contributed by atoms with Crippen molar-refractivity contribution in [3.8, 4) is 11.5 Å². The Hall–Kier alpha value is -4.06. The second-order valence-electron chi connectivity index (χ2n) is 6.81. The van der Waals surface area contributed by atoms with E-state index in [-0.39, 0.29) is 11.6 Å². The van der Waals surface area contributed by atoms with Crippen molar-refractivity contribution in [2.45, 2.75) is 6.92 Å². The van der Waals surface area contributed by atoms with Crippen molar-refractivity contribution >= 4 is 23.6 Å². The molecule has 0 heterocycles.